The predicted octanol–water partition coefficient (Wildman–Crippen LogP) is 2.08. The van der Waals surface area contributed by atoms with E-state index in [2.05, 4.69) is 9.97 Å². The number of rotatable bonds is 7. The average molecular weight is 415 g/mol. The van der Waals surface area contributed by atoms with Gasteiger partial charge in [0.25, 0.3) is 5.56 Å². The van der Waals surface area contributed by atoms with Crippen LogP contribution in [0.5, 0.6) is 5.75 Å². The van der Waals surface area contributed by atoms with Gasteiger partial charge in [-0.2, -0.15) is 0 Å². The number of carbonyl (C=O) groups excluding carboxylic acids is 1. The van der Waals surface area contributed by atoms with E-state index < -0.39 is 0 Å². The molecule has 1 aliphatic rings. The first-order valence-electron chi connectivity index (χ1n) is 10.2. The molecule has 0 radical (unpaired) electrons. The number of aromatic amines is 1. The van der Waals surface area contributed by atoms with Gasteiger partial charge in [-0.15, -0.1) is 0 Å². The van der Waals surface area contributed by atoms with Gasteiger partial charge in [0.05, 0.1) is 26.4 Å². The van der Waals surface area contributed by atoms with Crippen molar-refractivity contribution in [1.29, 1.82) is 0 Å². The van der Waals surface area contributed by atoms with Crippen molar-refractivity contribution < 1.29 is 14.3 Å². The van der Waals surface area contributed by atoms with Gasteiger partial charge in [-0.25, -0.2) is 4.98 Å². The summed E-state index contributed by atoms with van der Waals surface area (Å²) in [6.45, 7) is 6.46. The molecule has 1 unspecified atom stereocenters. The van der Waals surface area contributed by atoms with Gasteiger partial charge >= 0.3 is 0 Å². The molecule has 2 heterocycles. The molecule has 1 aliphatic heterocycles. The number of aromatic nitrogens is 2. The predicted molar refractivity (Wildman–Crippen MR) is 115 cm³/mol. The number of morpholine rings is 1. The van der Waals surface area contributed by atoms with E-state index in [0.717, 1.165) is 11.3 Å². The number of carbonyl (C=O) groups is 1. The van der Waals surface area contributed by atoms with E-state index in [1.165, 1.54) is 0 Å². The van der Waals surface area contributed by atoms with Crippen LogP contribution < -0.4 is 15.2 Å². The van der Waals surface area contributed by atoms with Crippen LogP contribution in [-0.2, 0) is 16.0 Å². The second-order valence-corrected chi connectivity index (χ2v) is 7.51. The summed E-state index contributed by atoms with van der Waals surface area (Å²) in [7, 11) is 3.41. The summed E-state index contributed by atoms with van der Waals surface area (Å²) in [6.07, 6.45) is 0.607. The van der Waals surface area contributed by atoms with Gasteiger partial charge in [0, 0.05) is 37.8 Å². The van der Waals surface area contributed by atoms with Crippen molar-refractivity contribution in [3.63, 3.8) is 0 Å². The number of benzene rings is 1. The summed E-state index contributed by atoms with van der Waals surface area (Å²) >= 11 is 0. The number of H-pyrrole nitrogens is 1. The van der Waals surface area contributed by atoms with Gasteiger partial charge in [-0.05, 0) is 38.0 Å². The molecule has 1 aromatic heterocycles. The minimum Gasteiger partial charge on any atom is -0.497 e. The SMILES string of the molecule is COc1ccc(C(C)N(C)C(=O)CCc2c(C)nc(N3CCOCC3)[nH]c2=O)cc1. The Morgan fingerprint density at radius 3 is 2.57 bits per heavy atom. The standard InChI is InChI=1S/C22H30N4O4/c1-15-19(21(28)24-22(23-15)26-11-13-30-14-12-26)9-10-20(27)25(3)16(2)17-5-7-18(29-4)8-6-17/h5-8,16H,9-14H2,1-4H3,(H,23,24,28). The first kappa shape index (κ1) is 21.8. The highest BCUT2D eigenvalue weighted by atomic mass is 16.5. The average Bonchev–Trinajstić information content (AvgIpc) is 2.77. The fourth-order valence-electron chi connectivity index (χ4n) is 3.55. The number of methoxy groups -OCH3 is 1. The van der Waals surface area contributed by atoms with Crippen LogP contribution in [0.3, 0.4) is 0 Å². The van der Waals surface area contributed by atoms with Crippen LogP contribution >= 0.6 is 0 Å². The number of hydrogen-bond acceptors (Lipinski definition) is 6. The molecule has 1 fully saturated rings. The number of amides is 1. The maximum absolute atomic E-state index is 12.7. The monoisotopic (exact) mass is 414 g/mol. The highest BCUT2D eigenvalue weighted by Crippen LogP contribution is 2.22. The van der Waals surface area contributed by atoms with E-state index in [9.17, 15) is 9.59 Å². The van der Waals surface area contributed by atoms with Gasteiger partial charge in [0.2, 0.25) is 11.9 Å². The zero-order valence-electron chi connectivity index (χ0n) is 18.1. The molecule has 0 aliphatic carbocycles. The molecule has 3 rings (SSSR count). The summed E-state index contributed by atoms with van der Waals surface area (Å²) in [5.41, 5.74) is 2.07. The molecule has 30 heavy (non-hydrogen) atoms. The van der Waals surface area contributed by atoms with E-state index >= 15 is 0 Å². The Morgan fingerprint density at radius 2 is 1.97 bits per heavy atom. The van der Waals surface area contributed by atoms with Crippen molar-refractivity contribution in [3.05, 3.63) is 51.4 Å². The smallest absolute Gasteiger partial charge is 0.255 e. The van der Waals surface area contributed by atoms with Gasteiger partial charge < -0.3 is 19.3 Å². The second-order valence-electron chi connectivity index (χ2n) is 7.51. The fourth-order valence-corrected chi connectivity index (χ4v) is 3.55. The van der Waals surface area contributed by atoms with Crippen LogP contribution in [0.2, 0.25) is 0 Å². The number of nitrogens with one attached hydrogen (secondary N) is 1. The Morgan fingerprint density at radius 1 is 1.30 bits per heavy atom. The Kier molecular flexibility index (Phi) is 7.10. The van der Waals surface area contributed by atoms with Gasteiger partial charge in [0.15, 0.2) is 0 Å². The minimum atomic E-state index is -0.178. The van der Waals surface area contributed by atoms with E-state index in [0.29, 0.717) is 49.9 Å². The first-order chi connectivity index (χ1) is 14.4. The lowest BCUT2D eigenvalue weighted by molar-refractivity contribution is -0.131. The lowest BCUT2D eigenvalue weighted by atomic mass is 10.1. The Labute approximate surface area is 176 Å². The highest BCUT2D eigenvalue weighted by molar-refractivity contribution is 5.76. The molecule has 8 heteroatoms. The first-order valence-corrected chi connectivity index (χ1v) is 10.2. The van der Waals surface area contributed by atoms with E-state index in [-0.39, 0.29) is 23.9 Å². The Balaban J connectivity index is 1.63. The summed E-state index contributed by atoms with van der Waals surface area (Å²) < 4.78 is 10.5. The third-order valence-electron chi connectivity index (χ3n) is 5.68. The van der Waals surface area contributed by atoms with Crippen LogP contribution in [-0.4, -0.2) is 61.2 Å². The zero-order valence-corrected chi connectivity index (χ0v) is 18.1. The van der Waals surface area contributed by atoms with E-state index in [4.69, 9.17) is 9.47 Å². The molecule has 0 saturated carbocycles. The molecule has 0 bridgehead atoms. The highest BCUT2D eigenvalue weighted by Gasteiger charge is 2.20. The molecule has 1 atom stereocenters. The van der Waals surface area contributed by atoms with Crippen LogP contribution in [0.25, 0.3) is 0 Å². The van der Waals surface area contributed by atoms with Crippen LogP contribution in [0, 0.1) is 6.92 Å². The number of hydrogen-bond donors (Lipinski definition) is 1. The number of nitrogens with zero attached hydrogens (tertiary/aromatic N) is 3. The van der Waals surface area contributed by atoms with E-state index in [1.54, 1.807) is 19.1 Å². The van der Waals surface area contributed by atoms with Crippen molar-refractivity contribution in [2.24, 2.45) is 0 Å². The number of anilines is 1. The van der Waals surface area contributed by atoms with Crippen molar-refractivity contribution >= 4 is 11.9 Å². The number of aryl methyl sites for hydroxylation is 1. The molecule has 8 nitrogen and oxygen atoms in total. The molecular formula is C22H30N4O4. The third-order valence-corrected chi connectivity index (χ3v) is 5.68. The summed E-state index contributed by atoms with van der Waals surface area (Å²) in [5.74, 6) is 1.33. The van der Waals surface area contributed by atoms with Gasteiger partial charge in [0.1, 0.15) is 5.75 Å². The van der Waals surface area contributed by atoms with Gasteiger partial charge in [-0.3, -0.25) is 14.6 Å². The van der Waals surface area contributed by atoms with Crippen molar-refractivity contribution in [2.45, 2.75) is 32.7 Å². The zero-order chi connectivity index (χ0) is 21.7. The molecule has 1 N–H and O–H groups in total. The maximum Gasteiger partial charge on any atom is 0.255 e. The molecule has 1 saturated heterocycles. The maximum atomic E-state index is 12.7. The third kappa shape index (κ3) is 4.99. The molecule has 1 aromatic carbocycles. The largest absolute Gasteiger partial charge is 0.497 e. The van der Waals surface area contributed by atoms with Crippen LogP contribution in [0.4, 0.5) is 5.95 Å². The second kappa shape index (κ2) is 9.75. The Bertz CT molecular complexity index is 920. The van der Waals surface area contributed by atoms with Crippen molar-refractivity contribution in [1.82, 2.24) is 14.9 Å². The number of ether oxygens (including phenoxy) is 2. The van der Waals surface area contributed by atoms with Crippen molar-refractivity contribution in [3.8, 4) is 5.75 Å². The van der Waals surface area contributed by atoms with Gasteiger partial charge in [-0.1, -0.05) is 12.1 Å². The molecule has 2 aromatic rings. The van der Waals surface area contributed by atoms with Crippen molar-refractivity contribution in [2.75, 3.05) is 45.4 Å². The molecule has 162 valence electrons. The van der Waals surface area contributed by atoms with Crippen LogP contribution in [0.15, 0.2) is 29.1 Å². The lowest BCUT2D eigenvalue weighted by Crippen LogP contribution is -2.38. The minimum absolute atomic E-state index is 0.0191. The normalized spacial score (nSPS) is 15.0. The molecule has 0 spiro atoms. The topological polar surface area (TPSA) is 87.8 Å². The molecular weight excluding hydrogens is 384 g/mol. The lowest BCUT2D eigenvalue weighted by Gasteiger charge is -2.27. The summed E-state index contributed by atoms with van der Waals surface area (Å²) in [4.78, 5) is 36.5. The molecule has 1 amide bonds. The fraction of sp³-hybridized carbons (Fsp3) is 0.500. The quantitative estimate of drug-likeness (QED) is 0.746. The summed E-state index contributed by atoms with van der Waals surface area (Å²) in [5, 5.41) is 0. The Hall–Kier alpha value is -2.87. The summed E-state index contributed by atoms with van der Waals surface area (Å²) in [6, 6.07) is 7.60. The van der Waals surface area contributed by atoms with E-state index in [1.807, 2.05) is 43.0 Å². The van der Waals surface area contributed by atoms with Crippen LogP contribution in [0.1, 0.15) is 36.2 Å².